The monoisotopic (exact) mass is 350 g/mol. The second-order valence-corrected chi connectivity index (χ2v) is 7.66. The number of hydrogen-bond donors (Lipinski definition) is 3. The molecule has 6 heteroatoms. The Morgan fingerprint density at radius 3 is 2.24 bits per heavy atom. The van der Waals surface area contributed by atoms with Gasteiger partial charge in [-0.1, -0.05) is 30.3 Å². The Bertz CT molecular complexity index is 565. The number of nitrogens with one attached hydrogen (secondary N) is 2. The maximum Gasteiger partial charge on any atom is 0.409 e. The molecule has 0 bridgehead atoms. The van der Waals surface area contributed by atoms with Crippen LogP contribution in [0.3, 0.4) is 0 Å². The zero-order valence-electron chi connectivity index (χ0n) is 15.8. The van der Waals surface area contributed by atoms with Crippen molar-refractivity contribution in [3.8, 4) is 0 Å². The van der Waals surface area contributed by atoms with E-state index < -0.39 is 29.4 Å². The summed E-state index contributed by atoms with van der Waals surface area (Å²) in [5.41, 5.74) is -0.335. The average Bonchev–Trinajstić information content (AvgIpc) is 2.44. The maximum absolute atomic E-state index is 11.9. The number of aryl methyl sites for hydroxylation is 1. The van der Waals surface area contributed by atoms with Crippen molar-refractivity contribution < 1.29 is 19.4 Å². The van der Waals surface area contributed by atoms with Crippen LogP contribution in [0.1, 0.15) is 53.0 Å². The second kappa shape index (κ2) is 8.85. The minimum absolute atomic E-state index is 0.462. The number of aliphatic carboxylic acids is 1. The van der Waals surface area contributed by atoms with Crippen LogP contribution >= 0.6 is 0 Å². The Labute approximate surface area is 150 Å². The lowest BCUT2D eigenvalue weighted by molar-refractivity contribution is -0.140. The number of hydrogen-bond acceptors (Lipinski definition) is 4. The Hall–Kier alpha value is -2.08. The molecule has 0 fully saturated rings. The van der Waals surface area contributed by atoms with Gasteiger partial charge < -0.3 is 15.2 Å². The van der Waals surface area contributed by atoms with E-state index in [1.807, 2.05) is 30.3 Å². The Morgan fingerprint density at radius 2 is 1.72 bits per heavy atom. The van der Waals surface area contributed by atoms with Gasteiger partial charge in [-0.25, -0.2) is 4.79 Å². The molecule has 1 amide bonds. The minimum atomic E-state index is -0.938. The molecule has 0 spiro atoms. The van der Waals surface area contributed by atoms with Crippen LogP contribution in [0.5, 0.6) is 0 Å². The number of benzene rings is 1. The summed E-state index contributed by atoms with van der Waals surface area (Å²) in [6, 6.07) is 9.19. The van der Waals surface area contributed by atoms with Gasteiger partial charge in [-0.05, 0) is 59.4 Å². The number of ether oxygens (including phenoxy) is 1. The predicted molar refractivity (Wildman–Crippen MR) is 97.4 cm³/mol. The minimum Gasteiger partial charge on any atom is -0.480 e. The van der Waals surface area contributed by atoms with Gasteiger partial charge in [0.05, 0.1) is 5.66 Å². The molecule has 6 nitrogen and oxygen atoms in total. The summed E-state index contributed by atoms with van der Waals surface area (Å²) in [6.45, 7) is 8.75. The second-order valence-electron chi connectivity index (χ2n) is 7.66. The van der Waals surface area contributed by atoms with Crippen LogP contribution in [-0.2, 0) is 16.0 Å². The van der Waals surface area contributed by atoms with E-state index in [0.29, 0.717) is 6.42 Å². The molecule has 25 heavy (non-hydrogen) atoms. The first-order chi connectivity index (χ1) is 11.5. The van der Waals surface area contributed by atoms with Crippen LogP contribution in [0.15, 0.2) is 30.3 Å². The molecule has 1 rings (SSSR count). The van der Waals surface area contributed by atoms with Crippen LogP contribution in [0.2, 0.25) is 0 Å². The lowest BCUT2D eigenvalue weighted by atomic mass is 10.0. The van der Waals surface area contributed by atoms with Crippen molar-refractivity contribution in [2.75, 3.05) is 0 Å². The van der Waals surface area contributed by atoms with Crippen molar-refractivity contribution in [3.63, 3.8) is 0 Å². The lowest BCUT2D eigenvalue weighted by Crippen LogP contribution is -2.60. The van der Waals surface area contributed by atoms with Crippen molar-refractivity contribution in [3.05, 3.63) is 35.9 Å². The van der Waals surface area contributed by atoms with Gasteiger partial charge in [0.25, 0.3) is 0 Å². The van der Waals surface area contributed by atoms with E-state index in [4.69, 9.17) is 4.74 Å². The Morgan fingerprint density at radius 1 is 1.12 bits per heavy atom. The van der Waals surface area contributed by atoms with Gasteiger partial charge >= 0.3 is 12.1 Å². The highest BCUT2D eigenvalue weighted by Crippen LogP contribution is 2.11. The summed E-state index contributed by atoms with van der Waals surface area (Å²) in [7, 11) is 0. The van der Waals surface area contributed by atoms with E-state index >= 15 is 0 Å². The smallest absolute Gasteiger partial charge is 0.409 e. The summed E-state index contributed by atoms with van der Waals surface area (Å²) in [6.07, 6.45) is 1.42. The molecular formula is C19H30N2O4. The summed E-state index contributed by atoms with van der Waals surface area (Å²) >= 11 is 0. The zero-order valence-corrected chi connectivity index (χ0v) is 15.8. The highest BCUT2D eigenvalue weighted by atomic mass is 16.6. The maximum atomic E-state index is 11.9. The Kier molecular flexibility index (Phi) is 7.42. The lowest BCUT2D eigenvalue weighted by Gasteiger charge is -2.32. The highest BCUT2D eigenvalue weighted by molar-refractivity contribution is 5.74. The van der Waals surface area contributed by atoms with E-state index in [2.05, 4.69) is 10.6 Å². The van der Waals surface area contributed by atoms with Gasteiger partial charge in [0.15, 0.2) is 0 Å². The Balaban J connectivity index is 2.54. The first-order valence-electron chi connectivity index (χ1n) is 8.54. The van der Waals surface area contributed by atoms with Gasteiger partial charge in [0, 0.05) is 0 Å². The van der Waals surface area contributed by atoms with Gasteiger partial charge in [0.2, 0.25) is 0 Å². The summed E-state index contributed by atoms with van der Waals surface area (Å²) < 4.78 is 5.22. The molecule has 0 heterocycles. The van der Waals surface area contributed by atoms with E-state index in [1.54, 1.807) is 34.6 Å². The van der Waals surface area contributed by atoms with E-state index in [1.165, 1.54) is 5.56 Å². The molecule has 0 aliphatic carbocycles. The first-order valence-corrected chi connectivity index (χ1v) is 8.54. The highest BCUT2D eigenvalue weighted by Gasteiger charge is 2.29. The first kappa shape index (κ1) is 21.0. The molecule has 1 aromatic carbocycles. The third-order valence-corrected chi connectivity index (χ3v) is 3.45. The predicted octanol–water partition coefficient (Wildman–Crippen LogP) is 3.31. The van der Waals surface area contributed by atoms with Crippen molar-refractivity contribution in [1.29, 1.82) is 0 Å². The molecule has 0 radical (unpaired) electrons. The molecule has 1 unspecified atom stereocenters. The van der Waals surface area contributed by atoms with E-state index in [-0.39, 0.29) is 0 Å². The van der Waals surface area contributed by atoms with Crippen molar-refractivity contribution in [2.45, 2.75) is 71.2 Å². The zero-order chi connectivity index (χ0) is 19.1. The topological polar surface area (TPSA) is 87.7 Å². The fourth-order valence-electron chi connectivity index (χ4n) is 2.44. The fraction of sp³-hybridized carbons (Fsp3) is 0.579. The molecule has 0 aliphatic rings. The molecule has 1 atom stereocenters. The molecule has 1 aromatic rings. The van der Waals surface area contributed by atoms with Crippen LogP contribution in [0.25, 0.3) is 0 Å². The number of alkyl carbamates (subject to hydrolysis) is 1. The van der Waals surface area contributed by atoms with Crippen molar-refractivity contribution in [1.82, 2.24) is 10.6 Å². The van der Waals surface area contributed by atoms with Gasteiger partial charge in [-0.15, -0.1) is 0 Å². The van der Waals surface area contributed by atoms with E-state index in [9.17, 15) is 14.7 Å². The molecule has 0 aromatic heterocycles. The molecular weight excluding hydrogens is 320 g/mol. The molecule has 0 saturated carbocycles. The van der Waals surface area contributed by atoms with E-state index in [0.717, 1.165) is 12.8 Å². The van der Waals surface area contributed by atoms with Crippen LogP contribution in [0, 0.1) is 0 Å². The standard InChI is InChI=1S/C19H30N2O4/c1-18(2,3)25-17(24)21-19(4,5)20-15(16(22)23)13-9-12-14-10-7-6-8-11-14/h6-8,10-11,15,20H,9,12-13H2,1-5H3,(H,21,24)(H,22,23). The van der Waals surface area contributed by atoms with Crippen molar-refractivity contribution in [2.24, 2.45) is 0 Å². The number of carbonyl (C=O) groups is 2. The van der Waals surface area contributed by atoms with Gasteiger partial charge in [-0.2, -0.15) is 0 Å². The normalized spacial score (nSPS) is 13.2. The van der Waals surface area contributed by atoms with Gasteiger partial charge in [0.1, 0.15) is 11.6 Å². The number of carboxylic acids is 1. The third-order valence-electron chi connectivity index (χ3n) is 3.45. The third kappa shape index (κ3) is 9.10. The molecule has 3 N–H and O–H groups in total. The number of carbonyl (C=O) groups excluding carboxylic acids is 1. The summed E-state index contributed by atoms with van der Waals surface area (Å²) in [4.78, 5) is 23.4. The SMILES string of the molecule is CC(C)(NC(=O)OC(C)(C)C)NC(CCCc1ccccc1)C(=O)O. The van der Waals surface area contributed by atoms with Crippen LogP contribution in [-0.4, -0.2) is 34.5 Å². The fourth-order valence-corrected chi connectivity index (χ4v) is 2.44. The number of amides is 1. The molecule has 0 saturated heterocycles. The summed E-state index contributed by atoms with van der Waals surface area (Å²) in [5, 5.41) is 15.1. The molecule has 140 valence electrons. The molecule has 0 aliphatic heterocycles. The largest absolute Gasteiger partial charge is 0.480 e. The number of rotatable bonds is 8. The van der Waals surface area contributed by atoms with Gasteiger partial charge in [-0.3, -0.25) is 10.1 Å². The number of carboxylic acid groups (broad SMARTS) is 1. The van der Waals surface area contributed by atoms with Crippen LogP contribution < -0.4 is 10.6 Å². The van der Waals surface area contributed by atoms with Crippen molar-refractivity contribution >= 4 is 12.1 Å². The van der Waals surface area contributed by atoms with Crippen LogP contribution in [0.4, 0.5) is 4.79 Å². The summed E-state index contributed by atoms with van der Waals surface area (Å²) in [5.74, 6) is -0.938. The quantitative estimate of drug-likeness (QED) is 0.626. The average molecular weight is 350 g/mol.